The second kappa shape index (κ2) is 6.10. The Hall–Kier alpha value is -2.49. The summed E-state index contributed by atoms with van der Waals surface area (Å²) in [5.74, 6) is 1.25. The fourth-order valence-corrected chi connectivity index (χ4v) is 4.27. The molecule has 4 rings (SSSR count). The number of phenolic OH excluding ortho intramolecular Hbond substituents is 1. The van der Waals surface area contributed by atoms with Crippen LogP contribution in [0.5, 0.6) is 11.5 Å². The predicted molar refractivity (Wildman–Crippen MR) is 93.7 cm³/mol. The van der Waals surface area contributed by atoms with Crippen molar-refractivity contribution in [3.63, 3.8) is 0 Å². The summed E-state index contributed by atoms with van der Waals surface area (Å²) in [6, 6.07) is 13.7. The van der Waals surface area contributed by atoms with E-state index in [-0.39, 0.29) is 35.8 Å². The molecule has 0 radical (unpaired) electrons. The second-order valence-electron chi connectivity index (χ2n) is 7.14. The molecule has 0 saturated heterocycles. The van der Waals surface area contributed by atoms with Gasteiger partial charge in [-0.05, 0) is 49.4 Å². The van der Waals surface area contributed by atoms with Gasteiger partial charge in [0, 0.05) is 18.4 Å². The summed E-state index contributed by atoms with van der Waals surface area (Å²) >= 11 is 0. The molecule has 0 unspecified atom stereocenters. The number of esters is 1. The Morgan fingerprint density at radius 3 is 2.64 bits per heavy atom. The fourth-order valence-electron chi connectivity index (χ4n) is 4.27. The Labute approximate surface area is 147 Å². The first-order valence-electron chi connectivity index (χ1n) is 8.74. The second-order valence-corrected chi connectivity index (χ2v) is 7.14. The average molecular weight is 338 g/mol. The van der Waals surface area contributed by atoms with Gasteiger partial charge in [0.15, 0.2) is 0 Å². The first-order chi connectivity index (χ1) is 12.0. The largest absolute Gasteiger partial charge is 0.508 e. The van der Waals surface area contributed by atoms with E-state index < -0.39 is 0 Å². The molecule has 1 aliphatic carbocycles. The summed E-state index contributed by atoms with van der Waals surface area (Å²) in [5.41, 5.74) is 3.37. The van der Waals surface area contributed by atoms with E-state index in [1.165, 1.54) is 12.5 Å². The van der Waals surface area contributed by atoms with Crippen LogP contribution in [0.1, 0.15) is 48.5 Å². The van der Waals surface area contributed by atoms with Gasteiger partial charge >= 0.3 is 5.97 Å². The Balaban J connectivity index is 1.73. The highest BCUT2D eigenvalue weighted by Crippen LogP contribution is 2.54. The first-order valence-corrected chi connectivity index (χ1v) is 8.74. The molecule has 1 N–H and O–H groups in total. The summed E-state index contributed by atoms with van der Waals surface area (Å²) in [6.45, 7) is 3.52. The molecular formula is C21H22O4. The van der Waals surface area contributed by atoms with Crippen molar-refractivity contribution >= 4 is 5.97 Å². The van der Waals surface area contributed by atoms with Crippen LogP contribution in [0.3, 0.4) is 0 Å². The van der Waals surface area contributed by atoms with Crippen molar-refractivity contribution in [1.29, 1.82) is 0 Å². The van der Waals surface area contributed by atoms with Crippen molar-refractivity contribution < 1.29 is 19.4 Å². The molecule has 4 atom stereocenters. The van der Waals surface area contributed by atoms with E-state index in [1.54, 1.807) is 12.1 Å². The lowest BCUT2D eigenvalue weighted by atomic mass is 9.80. The number of aryl methyl sites for hydroxylation is 1. The van der Waals surface area contributed by atoms with Crippen LogP contribution in [-0.2, 0) is 9.53 Å². The Morgan fingerprint density at radius 1 is 1.16 bits per heavy atom. The van der Waals surface area contributed by atoms with Crippen LogP contribution in [0.25, 0.3) is 0 Å². The zero-order valence-electron chi connectivity index (χ0n) is 14.4. The highest BCUT2D eigenvalue weighted by molar-refractivity contribution is 5.66. The molecule has 2 aromatic carbocycles. The Morgan fingerprint density at radius 2 is 1.92 bits per heavy atom. The number of benzene rings is 2. The van der Waals surface area contributed by atoms with Crippen molar-refractivity contribution in [2.75, 3.05) is 0 Å². The molecule has 2 aliphatic rings. The molecule has 2 aromatic rings. The van der Waals surface area contributed by atoms with Crippen molar-refractivity contribution in [1.82, 2.24) is 0 Å². The molecular weight excluding hydrogens is 316 g/mol. The third kappa shape index (κ3) is 2.97. The molecule has 4 nitrogen and oxygen atoms in total. The van der Waals surface area contributed by atoms with E-state index in [0.29, 0.717) is 0 Å². The molecule has 1 saturated carbocycles. The van der Waals surface area contributed by atoms with Crippen molar-refractivity contribution in [3.05, 3.63) is 59.2 Å². The van der Waals surface area contributed by atoms with E-state index in [9.17, 15) is 9.90 Å². The molecule has 4 heteroatoms. The maximum absolute atomic E-state index is 11.4. The van der Waals surface area contributed by atoms with Gasteiger partial charge in [-0.2, -0.15) is 0 Å². The van der Waals surface area contributed by atoms with Gasteiger partial charge in [-0.1, -0.05) is 29.8 Å². The number of hydrogen-bond acceptors (Lipinski definition) is 4. The summed E-state index contributed by atoms with van der Waals surface area (Å²) in [7, 11) is 0. The molecule has 1 aliphatic heterocycles. The average Bonchev–Trinajstić information content (AvgIpc) is 2.98. The smallest absolute Gasteiger partial charge is 0.302 e. The van der Waals surface area contributed by atoms with Gasteiger partial charge in [0.05, 0.1) is 0 Å². The lowest BCUT2D eigenvalue weighted by Crippen LogP contribution is -2.26. The molecule has 1 heterocycles. The Kier molecular flexibility index (Phi) is 3.91. The summed E-state index contributed by atoms with van der Waals surface area (Å²) < 4.78 is 11.8. The quantitative estimate of drug-likeness (QED) is 0.831. The number of aromatic hydroxyl groups is 1. The number of fused-ring (bicyclic) bond motifs is 3. The number of carbonyl (C=O) groups is 1. The summed E-state index contributed by atoms with van der Waals surface area (Å²) in [6.07, 6.45) is 1.38. The van der Waals surface area contributed by atoms with E-state index in [0.717, 1.165) is 29.7 Å². The van der Waals surface area contributed by atoms with Gasteiger partial charge < -0.3 is 14.6 Å². The van der Waals surface area contributed by atoms with Crippen molar-refractivity contribution in [2.24, 2.45) is 5.92 Å². The molecule has 0 spiro atoms. The van der Waals surface area contributed by atoms with Gasteiger partial charge in [0.2, 0.25) is 0 Å². The van der Waals surface area contributed by atoms with Crippen LogP contribution in [0.4, 0.5) is 0 Å². The fraction of sp³-hybridized carbons (Fsp3) is 0.381. The maximum Gasteiger partial charge on any atom is 0.302 e. The van der Waals surface area contributed by atoms with Crippen LogP contribution < -0.4 is 4.74 Å². The van der Waals surface area contributed by atoms with Crippen LogP contribution >= 0.6 is 0 Å². The normalized spacial score (nSPS) is 27.1. The van der Waals surface area contributed by atoms with Crippen LogP contribution in [0.15, 0.2) is 42.5 Å². The predicted octanol–water partition coefficient (Wildman–Crippen LogP) is 4.26. The first kappa shape index (κ1) is 16.0. The number of rotatable bonds is 2. The molecule has 25 heavy (non-hydrogen) atoms. The van der Waals surface area contributed by atoms with Gasteiger partial charge in [0.1, 0.15) is 23.7 Å². The van der Waals surface area contributed by atoms with Gasteiger partial charge in [0.25, 0.3) is 0 Å². The number of ether oxygens (including phenoxy) is 2. The van der Waals surface area contributed by atoms with Gasteiger partial charge in [-0.15, -0.1) is 0 Å². The highest BCUT2D eigenvalue weighted by atomic mass is 16.5. The number of phenols is 1. The minimum Gasteiger partial charge on any atom is -0.508 e. The lowest BCUT2D eigenvalue weighted by molar-refractivity contribution is -0.146. The third-order valence-electron chi connectivity index (χ3n) is 5.34. The standard InChI is InChI=1S/C21H22O4/c1-12-3-5-14(6-4-12)21-19-11-16(24-13(2)22)10-17(19)18-9-15(23)7-8-20(18)25-21/h3-9,16-17,19,21,23H,10-11H2,1-2H3/t16-,17-,19-,21-/m0/s1. The van der Waals surface area contributed by atoms with E-state index in [1.807, 2.05) is 6.07 Å². The van der Waals surface area contributed by atoms with Crippen LogP contribution in [0.2, 0.25) is 0 Å². The topological polar surface area (TPSA) is 55.8 Å². The van der Waals surface area contributed by atoms with Gasteiger partial charge in [-0.25, -0.2) is 0 Å². The van der Waals surface area contributed by atoms with Crippen LogP contribution in [-0.4, -0.2) is 17.2 Å². The number of carbonyl (C=O) groups excluding carboxylic acids is 1. The minimum absolute atomic E-state index is 0.0665. The summed E-state index contributed by atoms with van der Waals surface area (Å²) in [5, 5.41) is 9.89. The number of hydrogen-bond donors (Lipinski definition) is 1. The maximum atomic E-state index is 11.4. The molecule has 130 valence electrons. The zero-order valence-corrected chi connectivity index (χ0v) is 14.4. The highest BCUT2D eigenvalue weighted by Gasteiger charge is 2.46. The van der Waals surface area contributed by atoms with Crippen LogP contribution in [0, 0.1) is 12.8 Å². The van der Waals surface area contributed by atoms with E-state index in [2.05, 4.69) is 31.2 Å². The SMILES string of the molecule is CC(=O)O[C@@H]1C[C@H]2[C@@H](C1)c1cc(O)ccc1O[C@H]2c1ccc(C)cc1. The third-order valence-corrected chi connectivity index (χ3v) is 5.34. The molecule has 0 amide bonds. The minimum atomic E-state index is -0.243. The van der Waals surface area contributed by atoms with Crippen molar-refractivity contribution in [3.8, 4) is 11.5 Å². The lowest BCUT2D eigenvalue weighted by Gasteiger charge is -2.36. The summed E-state index contributed by atoms with van der Waals surface area (Å²) in [4.78, 5) is 11.4. The molecule has 0 aromatic heterocycles. The van der Waals surface area contributed by atoms with Gasteiger partial charge in [-0.3, -0.25) is 4.79 Å². The monoisotopic (exact) mass is 338 g/mol. The molecule has 1 fully saturated rings. The Bertz CT molecular complexity index is 796. The zero-order chi connectivity index (χ0) is 17.6. The van der Waals surface area contributed by atoms with E-state index in [4.69, 9.17) is 9.47 Å². The molecule has 0 bridgehead atoms. The van der Waals surface area contributed by atoms with Crippen molar-refractivity contribution in [2.45, 2.75) is 44.8 Å². The van der Waals surface area contributed by atoms with E-state index >= 15 is 0 Å².